The summed E-state index contributed by atoms with van der Waals surface area (Å²) in [4.78, 5) is 21.4. The summed E-state index contributed by atoms with van der Waals surface area (Å²) in [7, 11) is 0. The van der Waals surface area contributed by atoms with E-state index in [2.05, 4.69) is 20.9 Å². The number of carbonyl (C=O) groups excluding carboxylic acids is 1. The molecule has 2 aromatic carbocycles. The molecule has 0 atom stereocenters. The molecule has 0 bridgehead atoms. The summed E-state index contributed by atoms with van der Waals surface area (Å²) in [6.07, 6.45) is 1.77. The molecule has 0 saturated heterocycles. The number of hydrogen-bond acceptors (Lipinski definition) is 6. The Bertz CT molecular complexity index is 1740. The molecule has 0 aliphatic rings. The summed E-state index contributed by atoms with van der Waals surface area (Å²) >= 11 is 3.54. The first-order valence-corrected chi connectivity index (χ1v) is 11.7. The molecule has 0 amide bonds. The van der Waals surface area contributed by atoms with E-state index < -0.39 is 5.97 Å². The van der Waals surface area contributed by atoms with Crippen LogP contribution in [0.1, 0.15) is 23.2 Å². The van der Waals surface area contributed by atoms with Crippen molar-refractivity contribution in [3.63, 3.8) is 0 Å². The van der Waals surface area contributed by atoms with Gasteiger partial charge in [-0.1, -0.05) is 15.9 Å². The summed E-state index contributed by atoms with van der Waals surface area (Å²) in [6.45, 7) is 2.34. The Labute approximate surface area is 206 Å². The molecule has 8 nitrogen and oxygen atoms in total. The average molecular weight is 534 g/mol. The van der Waals surface area contributed by atoms with Gasteiger partial charge in [0.25, 0.3) is 5.78 Å². The lowest BCUT2D eigenvalue weighted by molar-refractivity contribution is 0.0488. The van der Waals surface area contributed by atoms with Gasteiger partial charge in [0.1, 0.15) is 17.1 Å². The molecule has 0 aliphatic heterocycles. The smallest absolute Gasteiger partial charge is 0.374 e. The van der Waals surface area contributed by atoms with Crippen molar-refractivity contribution in [1.82, 2.24) is 24.1 Å². The van der Waals surface area contributed by atoms with E-state index in [1.807, 2.05) is 22.8 Å². The molecule has 174 valence electrons. The Morgan fingerprint density at radius 3 is 2.74 bits per heavy atom. The van der Waals surface area contributed by atoms with E-state index in [-0.39, 0.29) is 18.2 Å². The number of rotatable bonds is 5. The van der Waals surface area contributed by atoms with Crippen LogP contribution in [0.15, 0.2) is 69.7 Å². The second-order valence-corrected chi connectivity index (χ2v) is 8.81. The number of esters is 1. The Hall–Kier alpha value is -4.05. The standard InChI is InChI=1S/C25H17BrFN5O3/c1-2-34-24(33)21-10-8-17(35-21)12-31-20-11-15(26)5-9-18(20)22-23(31)29-25-28-19(13-32(25)30-22)14-3-6-16(27)7-4-14/h3-11,13H,2,12H2,1H3. The molecule has 6 aromatic rings. The molecule has 0 radical (unpaired) electrons. The minimum Gasteiger partial charge on any atom is -0.460 e. The topological polar surface area (TPSA) is 87.5 Å². The molecule has 0 aliphatic carbocycles. The number of nitrogens with zero attached hydrogens (tertiary/aromatic N) is 5. The highest BCUT2D eigenvalue weighted by atomic mass is 79.9. The van der Waals surface area contributed by atoms with Gasteiger partial charge in [0, 0.05) is 15.4 Å². The summed E-state index contributed by atoms with van der Waals surface area (Å²) < 4.78 is 28.6. The van der Waals surface area contributed by atoms with Crippen molar-refractivity contribution in [3.05, 3.63) is 82.6 Å². The Kier molecular flexibility index (Phi) is 5.10. The van der Waals surface area contributed by atoms with Crippen LogP contribution in [0.3, 0.4) is 0 Å². The van der Waals surface area contributed by atoms with Crippen LogP contribution in [0, 0.1) is 5.82 Å². The second-order valence-electron chi connectivity index (χ2n) is 7.90. The van der Waals surface area contributed by atoms with Crippen molar-refractivity contribution >= 4 is 49.7 Å². The summed E-state index contributed by atoms with van der Waals surface area (Å²) in [5.74, 6) is 0.316. The van der Waals surface area contributed by atoms with Crippen LogP contribution < -0.4 is 0 Å². The van der Waals surface area contributed by atoms with Crippen LogP contribution in [0.2, 0.25) is 0 Å². The van der Waals surface area contributed by atoms with Crippen molar-refractivity contribution in [3.8, 4) is 11.3 Å². The largest absolute Gasteiger partial charge is 0.460 e. The molecule has 0 fully saturated rings. The number of aromatic nitrogens is 5. The van der Waals surface area contributed by atoms with Crippen molar-refractivity contribution in [1.29, 1.82) is 0 Å². The lowest BCUT2D eigenvalue weighted by atomic mass is 10.2. The molecule has 6 rings (SSSR count). The average Bonchev–Trinajstić information content (AvgIpc) is 3.55. The van der Waals surface area contributed by atoms with Gasteiger partial charge < -0.3 is 13.7 Å². The van der Waals surface area contributed by atoms with Gasteiger partial charge in [-0.05, 0) is 61.5 Å². The van der Waals surface area contributed by atoms with E-state index in [1.165, 1.54) is 12.1 Å². The molecule has 0 saturated carbocycles. The van der Waals surface area contributed by atoms with Crippen LogP contribution >= 0.6 is 15.9 Å². The normalized spacial score (nSPS) is 11.6. The number of halogens is 2. The third-order valence-corrected chi connectivity index (χ3v) is 6.14. The maximum absolute atomic E-state index is 13.3. The SMILES string of the molecule is CCOC(=O)c1ccc(Cn2c3cc(Br)ccc3c3nn4cc(-c5ccc(F)cc5)nc4nc32)o1. The Morgan fingerprint density at radius 1 is 1.11 bits per heavy atom. The predicted molar refractivity (Wildman–Crippen MR) is 131 cm³/mol. The van der Waals surface area contributed by atoms with Gasteiger partial charge in [0.15, 0.2) is 5.65 Å². The summed E-state index contributed by atoms with van der Waals surface area (Å²) in [6, 6.07) is 15.4. The first-order valence-electron chi connectivity index (χ1n) is 10.9. The van der Waals surface area contributed by atoms with E-state index in [0.717, 1.165) is 20.9 Å². The predicted octanol–water partition coefficient (Wildman–Crippen LogP) is 5.62. The van der Waals surface area contributed by atoms with Gasteiger partial charge >= 0.3 is 5.97 Å². The molecular weight excluding hydrogens is 517 g/mol. The first-order chi connectivity index (χ1) is 17.0. The van der Waals surface area contributed by atoms with Crippen molar-refractivity contribution in [2.45, 2.75) is 13.5 Å². The van der Waals surface area contributed by atoms with Gasteiger partial charge in [-0.2, -0.15) is 10.1 Å². The van der Waals surface area contributed by atoms with Gasteiger partial charge in [0.2, 0.25) is 5.76 Å². The Balaban J connectivity index is 1.50. The summed E-state index contributed by atoms with van der Waals surface area (Å²) in [5, 5.41) is 5.71. The monoisotopic (exact) mass is 533 g/mol. The van der Waals surface area contributed by atoms with Gasteiger partial charge in [-0.3, -0.25) is 0 Å². The highest BCUT2D eigenvalue weighted by Crippen LogP contribution is 2.30. The first kappa shape index (κ1) is 21.5. The van der Waals surface area contributed by atoms with Crippen molar-refractivity contribution in [2.24, 2.45) is 0 Å². The molecule has 4 aromatic heterocycles. The maximum Gasteiger partial charge on any atom is 0.374 e. The van der Waals surface area contributed by atoms with Crippen LogP contribution in [0.5, 0.6) is 0 Å². The molecule has 4 heterocycles. The molecule has 0 spiro atoms. The highest BCUT2D eigenvalue weighted by molar-refractivity contribution is 9.10. The zero-order chi connectivity index (χ0) is 24.1. The van der Waals surface area contributed by atoms with E-state index >= 15 is 0 Å². The maximum atomic E-state index is 13.3. The number of fused-ring (bicyclic) bond motifs is 4. The van der Waals surface area contributed by atoms with Crippen molar-refractivity contribution < 1.29 is 18.3 Å². The molecular formula is C25H17BrFN5O3. The van der Waals surface area contributed by atoms with Gasteiger partial charge in [-0.15, -0.1) is 0 Å². The van der Waals surface area contributed by atoms with Crippen LogP contribution in [0.4, 0.5) is 4.39 Å². The van der Waals surface area contributed by atoms with E-state index in [9.17, 15) is 9.18 Å². The van der Waals surface area contributed by atoms with E-state index in [1.54, 1.807) is 41.9 Å². The minimum atomic E-state index is -0.504. The van der Waals surface area contributed by atoms with Crippen LogP contribution in [-0.2, 0) is 11.3 Å². The fourth-order valence-electron chi connectivity index (χ4n) is 4.07. The lowest BCUT2D eigenvalue weighted by Gasteiger charge is -2.05. The zero-order valence-corrected chi connectivity index (χ0v) is 20.0. The number of furan rings is 1. The number of carbonyl (C=O) groups is 1. The van der Waals surface area contributed by atoms with Crippen LogP contribution in [-0.4, -0.2) is 36.7 Å². The van der Waals surface area contributed by atoms with Gasteiger partial charge in [0.05, 0.1) is 30.6 Å². The quantitative estimate of drug-likeness (QED) is 0.267. The van der Waals surface area contributed by atoms with Crippen LogP contribution in [0.25, 0.3) is 39.1 Å². The van der Waals surface area contributed by atoms with E-state index in [4.69, 9.17) is 19.2 Å². The van der Waals surface area contributed by atoms with E-state index in [0.29, 0.717) is 34.9 Å². The lowest BCUT2D eigenvalue weighted by Crippen LogP contribution is -2.04. The third kappa shape index (κ3) is 3.75. The third-order valence-electron chi connectivity index (χ3n) is 5.65. The minimum absolute atomic E-state index is 0.148. The van der Waals surface area contributed by atoms with Crippen molar-refractivity contribution in [2.75, 3.05) is 6.61 Å². The number of hydrogen-bond donors (Lipinski definition) is 0. The fraction of sp³-hybridized carbons (Fsp3) is 0.120. The molecule has 35 heavy (non-hydrogen) atoms. The van der Waals surface area contributed by atoms with Gasteiger partial charge in [-0.25, -0.2) is 18.7 Å². The highest BCUT2D eigenvalue weighted by Gasteiger charge is 2.19. The zero-order valence-electron chi connectivity index (χ0n) is 18.4. The molecule has 0 unspecified atom stereocenters. The number of benzene rings is 2. The number of imidazole rings is 1. The second kappa shape index (κ2) is 8.31. The fourth-order valence-corrected chi connectivity index (χ4v) is 4.42. The Morgan fingerprint density at radius 2 is 1.94 bits per heavy atom. The molecule has 10 heteroatoms. The summed E-state index contributed by atoms with van der Waals surface area (Å²) in [5.41, 5.74) is 3.62. The molecule has 0 N–H and O–H groups in total. The number of ether oxygens (including phenoxy) is 1.